The molecule has 2 aliphatic heterocycles. The van der Waals surface area contributed by atoms with Gasteiger partial charge in [-0.25, -0.2) is 4.39 Å². The van der Waals surface area contributed by atoms with Crippen molar-refractivity contribution < 1.29 is 19.0 Å². The third kappa shape index (κ3) is 3.48. The van der Waals surface area contributed by atoms with E-state index in [9.17, 15) is 14.3 Å². The van der Waals surface area contributed by atoms with Crippen molar-refractivity contribution in [2.24, 2.45) is 5.73 Å². The minimum Gasteiger partial charge on any atom is -0.389 e. The molecule has 4 rings (SSSR count). The fraction of sp³-hybridized carbons (Fsp3) is 0.381. The molecule has 0 spiro atoms. The van der Waals surface area contributed by atoms with Gasteiger partial charge in [0.05, 0.1) is 18.8 Å². The van der Waals surface area contributed by atoms with Gasteiger partial charge in [0.2, 0.25) is 0 Å². The number of nitrogens with two attached hydrogens (primary N) is 1. The molecule has 3 N–H and O–H groups in total. The number of hydrogen-bond donors (Lipinski definition) is 2. The number of aliphatic hydroxyl groups excluding tert-OH is 1. The molecule has 1 fully saturated rings. The van der Waals surface area contributed by atoms with Crippen molar-refractivity contribution in [3.63, 3.8) is 0 Å². The van der Waals surface area contributed by atoms with Gasteiger partial charge in [0.1, 0.15) is 11.9 Å². The maximum absolute atomic E-state index is 13.4. The summed E-state index contributed by atoms with van der Waals surface area (Å²) in [7, 11) is 0. The molecule has 6 heteroatoms. The second-order valence-corrected chi connectivity index (χ2v) is 7.22. The number of rotatable bonds is 2. The Morgan fingerprint density at radius 2 is 1.93 bits per heavy atom. The standard InChI is InChI=1S/C21H23FN2O3/c22-15-7-5-14(6-8-15)20-16-4-2-1-3-13(16)9-10-24(20)21(26)19-11-17(23)18(25)12-27-19/h1-8,17-20,25H,9-12,23H2/t17-,18-,19-,20-/m0/s1. The lowest BCUT2D eigenvalue weighted by molar-refractivity contribution is -0.154. The third-order valence-corrected chi connectivity index (χ3v) is 5.48. The SMILES string of the molecule is N[C@H]1C[C@@H](C(=O)N2CCc3ccccc3[C@@H]2c2ccc(F)cc2)OC[C@@H]1O. The smallest absolute Gasteiger partial charge is 0.252 e. The Hall–Kier alpha value is -2.28. The first-order valence-corrected chi connectivity index (χ1v) is 9.23. The zero-order chi connectivity index (χ0) is 19.0. The average molecular weight is 370 g/mol. The molecule has 2 heterocycles. The summed E-state index contributed by atoms with van der Waals surface area (Å²) in [6.07, 6.45) is -0.379. The summed E-state index contributed by atoms with van der Waals surface area (Å²) in [6.45, 7) is 0.610. The number of ether oxygens (including phenoxy) is 1. The molecule has 0 unspecified atom stereocenters. The zero-order valence-corrected chi connectivity index (χ0v) is 14.9. The molecule has 0 aromatic heterocycles. The molecule has 142 valence electrons. The number of carbonyl (C=O) groups is 1. The topological polar surface area (TPSA) is 75.8 Å². The number of carbonyl (C=O) groups excluding carboxylic acids is 1. The van der Waals surface area contributed by atoms with Crippen molar-refractivity contribution in [3.8, 4) is 0 Å². The van der Waals surface area contributed by atoms with Crippen LogP contribution in [0.4, 0.5) is 4.39 Å². The molecule has 4 atom stereocenters. The second kappa shape index (κ2) is 7.38. The Labute approximate surface area is 157 Å². The van der Waals surface area contributed by atoms with Gasteiger partial charge in [0.15, 0.2) is 0 Å². The normalized spacial score (nSPS) is 27.9. The van der Waals surface area contributed by atoms with Crippen LogP contribution in [0.1, 0.15) is 29.2 Å². The van der Waals surface area contributed by atoms with Gasteiger partial charge in [0, 0.05) is 19.0 Å². The molecule has 0 bridgehead atoms. The fourth-order valence-corrected chi connectivity index (χ4v) is 3.98. The summed E-state index contributed by atoms with van der Waals surface area (Å²) in [4.78, 5) is 15.1. The summed E-state index contributed by atoms with van der Waals surface area (Å²) < 4.78 is 19.0. The molecular formula is C21H23FN2O3. The Morgan fingerprint density at radius 3 is 2.67 bits per heavy atom. The average Bonchev–Trinajstić information content (AvgIpc) is 2.69. The highest BCUT2D eigenvalue weighted by Gasteiger charge is 2.39. The lowest BCUT2D eigenvalue weighted by atomic mass is 9.87. The molecule has 1 amide bonds. The van der Waals surface area contributed by atoms with Gasteiger partial charge < -0.3 is 20.5 Å². The van der Waals surface area contributed by atoms with E-state index in [-0.39, 0.29) is 30.8 Å². The molecule has 0 aliphatic carbocycles. The highest BCUT2D eigenvalue weighted by atomic mass is 19.1. The van der Waals surface area contributed by atoms with Crippen molar-refractivity contribution in [3.05, 3.63) is 71.0 Å². The van der Waals surface area contributed by atoms with Gasteiger partial charge in [-0.3, -0.25) is 4.79 Å². The minimum atomic E-state index is -0.746. The van der Waals surface area contributed by atoms with Crippen LogP contribution in [-0.4, -0.2) is 47.3 Å². The maximum Gasteiger partial charge on any atom is 0.252 e. The minimum absolute atomic E-state index is 0.0587. The van der Waals surface area contributed by atoms with Gasteiger partial charge in [0.25, 0.3) is 5.91 Å². The summed E-state index contributed by atoms with van der Waals surface area (Å²) in [6, 6.07) is 13.5. The van der Waals surface area contributed by atoms with Crippen molar-refractivity contribution in [2.45, 2.75) is 37.1 Å². The predicted molar refractivity (Wildman–Crippen MR) is 98.4 cm³/mol. The van der Waals surface area contributed by atoms with Gasteiger partial charge in [-0.05, 0) is 35.2 Å². The van der Waals surface area contributed by atoms with Crippen LogP contribution in [0.3, 0.4) is 0 Å². The number of amides is 1. The van der Waals surface area contributed by atoms with Crippen LogP contribution in [0.25, 0.3) is 0 Å². The number of benzene rings is 2. The number of hydrogen-bond acceptors (Lipinski definition) is 4. The third-order valence-electron chi connectivity index (χ3n) is 5.48. The Morgan fingerprint density at radius 1 is 1.19 bits per heavy atom. The molecule has 5 nitrogen and oxygen atoms in total. The van der Waals surface area contributed by atoms with Gasteiger partial charge in [-0.15, -0.1) is 0 Å². The van der Waals surface area contributed by atoms with Crippen LogP contribution in [0.5, 0.6) is 0 Å². The number of nitrogens with zero attached hydrogens (tertiary/aromatic N) is 1. The van der Waals surface area contributed by atoms with E-state index in [1.54, 1.807) is 17.0 Å². The van der Waals surface area contributed by atoms with Crippen LogP contribution in [0.15, 0.2) is 48.5 Å². The molecule has 27 heavy (non-hydrogen) atoms. The highest BCUT2D eigenvalue weighted by Crippen LogP contribution is 2.36. The van der Waals surface area contributed by atoms with E-state index in [2.05, 4.69) is 6.07 Å². The van der Waals surface area contributed by atoms with E-state index in [4.69, 9.17) is 10.5 Å². The van der Waals surface area contributed by atoms with E-state index in [1.165, 1.54) is 17.7 Å². The molecule has 0 saturated carbocycles. The van der Waals surface area contributed by atoms with Gasteiger partial charge in [-0.2, -0.15) is 0 Å². The number of aliphatic hydroxyl groups is 1. The van der Waals surface area contributed by atoms with Gasteiger partial charge in [-0.1, -0.05) is 36.4 Å². The summed E-state index contributed by atoms with van der Waals surface area (Å²) >= 11 is 0. The Bertz CT molecular complexity index is 826. The first-order chi connectivity index (χ1) is 13.0. The zero-order valence-electron chi connectivity index (χ0n) is 14.9. The molecule has 0 radical (unpaired) electrons. The lowest BCUT2D eigenvalue weighted by Crippen LogP contribution is -2.53. The van der Waals surface area contributed by atoms with Crippen molar-refractivity contribution in [1.29, 1.82) is 0 Å². The van der Waals surface area contributed by atoms with Crippen molar-refractivity contribution in [1.82, 2.24) is 4.90 Å². The first kappa shape index (κ1) is 18.1. The molecule has 2 aliphatic rings. The van der Waals surface area contributed by atoms with Crippen LogP contribution in [0, 0.1) is 5.82 Å². The second-order valence-electron chi connectivity index (χ2n) is 7.22. The monoisotopic (exact) mass is 370 g/mol. The molecule has 2 aromatic carbocycles. The lowest BCUT2D eigenvalue weighted by Gasteiger charge is -2.41. The van der Waals surface area contributed by atoms with E-state index < -0.39 is 18.2 Å². The van der Waals surface area contributed by atoms with Crippen LogP contribution < -0.4 is 5.73 Å². The van der Waals surface area contributed by atoms with E-state index in [0.29, 0.717) is 6.54 Å². The Balaban J connectivity index is 1.68. The molecular weight excluding hydrogens is 347 g/mol. The van der Waals surface area contributed by atoms with E-state index in [0.717, 1.165) is 17.5 Å². The Kier molecular flexibility index (Phi) is 4.95. The molecule has 1 saturated heterocycles. The highest BCUT2D eigenvalue weighted by molar-refractivity contribution is 5.82. The van der Waals surface area contributed by atoms with E-state index >= 15 is 0 Å². The number of fused-ring (bicyclic) bond motifs is 1. The van der Waals surface area contributed by atoms with Gasteiger partial charge >= 0.3 is 0 Å². The maximum atomic E-state index is 13.4. The van der Waals surface area contributed by atoms with Crippen LogP contribution in [-0.2, 0) is 16.0 Å². The quantitative estimate of drug-likeness (QED) is 0.845. The van der Waals surface area contributed by atoms with Crippen LogP contribution >= 0.6 is 0 Å². The van der Waals surface area contributed by atoms with Crippen LogP contribution in [0.2, 0.25) is 0 Å². The summed E-state index contributed by atoms with van der Waals surface area (Å²) in [5, 5.41) is 9.76. The first-order valence-electron chi connectivity index (χ1n) is 9.23. The van der Waals surface area contributed by atoms with Crippen molar-refractivity contribution in [2.75, 3.05) is 13.2 Å². The largest absolute Gasteiger partial charge is 0.389 e. The van der Waals surface area contributed by atoms with Crippen molar-refractivity contribution >= 4 is 5.91 Å². The molecule has 2 aromatic rings. The van der Waals surface area contributed by atoms with E-state index in [1.807, 2.05) is 18.2 Å². The predicted octanol–water partition coefficient (Wildman–Crippen LogP) is 1.78. The fourth-order valence-electron chi connectivity index (χ4n) is 3.98. The summed E-state index contributed by atoms with van der Waals surface area (Å²) in [5.41, 5.74) is 9.02. The number of halogens is 1. The summed E-state index contributed by atoms with van der Waals surface area (Å²) in [5.74, 6) is -0.447.